The highest BCUT2D eigenvalue weighted by Gasteiger charge is 2.05. The number of hydrogen-bond donors (Lipinski definition) is 2. The van der Waals surface area contributed by atoms with E-state index in [9.17, 15) is 9.59 Å². The molecule has 126 valence electrons. The van der Waals surface area contributed by atoms with Crippen LogP contribution in [-0.4, -0.2) is 22.7 Å². The zero-order chi connectivity index (χ0) is 17.5. The smallest absolute Gasteiger partial charge is 0.307 e. The van der Waals surface area contributed by atoms with Crippen molar-refractivity contribution in [3.05, 3.63) is 59.2 Å². The summed E-state index contributed by atoms with van der Waals surface area (Å²) in [6.45, 7) is 4.17. The first-order valence-electron chi connectivity index (χ1n) is 7.74. The molecular weight excluding hydrogens is 322 g/mol. The van der Waals surface area contributed by atoms with Crippen LogP contribution in [0.15, 0.2) is 47.4 Å². The summed E-state index contributed by atoms with van der Waals surface area (Å²) in [6.07, 6.45) is 0.412. The van der Waals surface area contributed by atoms with Crippen molar-refractivity contribution < 1.29 is 14.7 Å². The number of carboxylic acids is 1. The lowest BCUT2D eigenvalue weighted by atomic mass is 10.1. The Hall–Kier alpha value is -2.27. The van der Waals surface area contributed by atoms with Gasteiger partial charge in [0.2, 0.25) is 5.91 Å². The average molecular weight is 343 g/mol. The van der Waals surface area contributed by atoms with Crippen LogP contribution in [0.2, 0.25) is 0 Å². The van der Waals surface area contributed by atoms with E-state index in [1.165, 1.54) is 16.0 Å². The van der Waals surface area contributed by atoms with Gasteiger partial charge in [0.25, 0.3) is 0 Å². The van der Waals surface area contributed by atoms with Gasteiger partial charge in [0, 0.05) is 22.8 Å². The maximum absolute atomic E-state index is 12.0. The van der Waals surface area contributed by atoms with E-state index < -0.39 is 5.97 Å². The topological polar surface area (TPSA) is 66.4 Å². The summed E-state index contributed by atoms with van der Waals surface area (Å²) >= 11 is 1.67. The van der Waals surface area contributed by atoms with Crippen molar-refractivity contribution in [2.45, 2.75) is 31.6 Å². The fourth-order valence-corrected chi connectivity index (χ4v) is 3.12. The van der Waals surface area contributed by atoms with Gasteiger partial charge in [0.15, 0.2) is 0 Å². The fraction of sp³-hybridized carbons (Fsp3) is 0.263. The molecule has 2 N–H and O–H groups in total. The summed E-state index contributed by atoms with van der Waals surface area (Å²) < 4.78 is 0. The highest BCUT2D eigenvalue weighted by Crippen LogP contribution is 2.22. The van der Waals surface area contributed by atoms with Crippen LogP contribution in [0, 0.1) is 13.8 Å². The predicted octanol–water partition coefficient (Wildman–Crippen LogP) is 4.05. The van der Waals surface area contributed by atoms with Gasteiger partial charge in [-0.25, -0.2) is 0 Å². The van der Waals surface area contributed by atoms with E-state index in [2.05, 4.69) is 37.4 Å². The zero-order valence-corrected chi connectivity index (χ0v) is 14.7. The first-order valence-corrected chi connectivity index (χ1v) is 8.73. The van der Waals surface area contributed by atoms with Gasteiger partial charge in [-0.05, 0) is 54.8 Å². The molecule has 0 atom stereocenters. The van der Waals surface area contributed by atoms with Gasteiger partial charge < -0.3 is 10.4 Å². The van der Waals surface area contributed by atoms with E-state index in [1.54, 1.807) is 36.0 Å². The van der Waals surface area contributed by atoms with Crippen LogP contribution in [0.4, 0.5) is 5.69 Å². The number of carboxylic acid groups (broad SMARTS) is 1. The molecule has 0 radical (unpaired) electrons. The Bertz CT molecular complexity index is 726. The lowest BCUT2D eigenvalue weighted by molar-refractivity contribution is -0.136. The number of nitrogens with one attached hydrogen (secondary N) is 1. The Morgan fingerprint density at radius 3 is 2.38 bits per heavy atom. The summed E-state index contributed by atoms with van der Waals surface area (Å²) in [4.78, 5) is 23.8. The van der Waals surface area contributed by atoms with Crippen LogP contribution in [0.3, 0.4) is 0 Å². The zero-order valence-electron chi connectivity index (χ0n) is 13.8. The molecule has 0 unspecified atom stereocenters. The highest BCUT2D eigenvalue weighted by molar-refractivity contribution is 7.99. The maximum Gasteiger partial charge on any atom is 0.307 e. The van der Waals surface area contributed by atoms with Crippen LogP contribution >= 0.6 is 11.8 Å². The van der Waals surface area contributed by atoms with Crippen molar-refractivity contribution in [3.8, 4) is 0 Å². The number of rotatable bonds is 7. The molecule has 2 aromatic rings. The maximum atomic E-state index is 12.0. The van der Waals surface area contributed by atoms with Crippen molar-refractivity contribution in [1.29, 1.82) is 0 Å². The van der Waals surface area contributed by atoms with Crippen molar-refractivity contribution in [1.82, 2.24) is 0 Å². The summed E-state index contributed by atoms with van der Waals surface area (Å²) in [6, 6.07) is 13.2. The molecule has 0 aliphatic carbocycles. The number of anilines is 1. The van der Waals surface area contributed by atoms with E-state index in [1.807, 2.05) is 0 Å². The largest absolute Gasteiger partial charge is 0.481 e. The van der Waals surface area contributed by atoms with Gasteiger partial charge in [0.1, 0.15) is 0 Å². The quantitative estimate of drug-likeness (QED) is 0.744. The second-order valence-corrected chi connectivity index (χ2v) is 6.83. The lowest BCUT2D eigenvalue weighted by Gasteiger charge is -2.07. The predicted molar refractivity (Wildman–Crippen MR) is 97.7 cm³/mol. The van der Waals surface area contributed by atoms with E-state index >= 15 is 0 Å². The number of amides is 1. The van der Waals surface area contributed by atoms with Crippen LogP contribution < -0.4 is 5.32 Å². The van der Waals surface area contributed by atoms with Gasteiger partial charge in [-0.3, -0.25) is 9.59 Å². The van der Waals surface area contributed by atoms with E-state index in [4.69, 9.17) is 5.11 Å². The third kappa shape index (κ3) is 5.74. The molecule has 0 aliphatic rings. The molecule has 0 spiro atoms. The summed E-state index contributed by atoms with van der Waals surface area (Å²) in [5, 5.41) is 11.6. The molecule has 0 fully saturated rings. The second kappa shape index (κ2) is 8.55. The molecule has 1 amide bonds. The fourth-order valence-electron chi connectivity index (χ4n) is 2.17. The summed E-state index contributed by atoms with van der Waals surface area (Å²) in [5.41, 5.74) is 3.92. The van der Waals surface area contributed by atoms with Crippen molar-refractivity contribution in [2.75, 3.05) is 11.1 Å². The third-order valence-corrected chi connectivity index (χ3v) is 4.66. The molecule has 24 heavy (non-hydrogen) atoms. The van der Waals surface area contributed by atoms with Crippen LogP contribution in [0.5, 0.6) is 0 Å². The van der Waals surface area contributed by atoms with Gasteiger partial charge >= 0.3 is 5.97 Å². The first-order chi connectivity index (χ1) is 11.4. The number of benzene rings is 2. The molecule has 2 rings (SSSR count). The minimum Gasteiger partial charge on any atom is -0.481 e. The Morgan fingerprint density at radius 1 is 1.04 bits per heavy atom. The molecular formula is C19H21NO3S. The molecule has 0 saturated heterocycles. The number of carbonyl (C=O) groups is 2. The van der Waals surface area contributed by atoms with Crippen LogP contribution in [0.1, 0.15) is 23.1 Å². The Kier molecular flexibility index (Phi) is 6.44. The molecule has 0 aromatic heterocycles. The molecule has 4 nitrogen and oxygen atoms in total. The molecule has 5 heteroatoms. The Morgan fingerprint density at radius 2 is 1.75 bits per heavy atom. The van der Waals surface area contributed by atoms with Crippen molar-refractivity contribution >= 4 is 29.3 Å². The SMILES string of the molecule is Cc1ccc(SCCC(=O)Nc2ccc(CC(=O)O)cc2)cc1C. The van der Waals surface area contributed by atoms with Crippen LogP contribution in [-0.2, 0) is 16.0 Å². The molecule has 0 saturated carbocycles. The van der Waals surface area contributed by atoms with E-state index in [-0.39, 0.29) is 12.3 Å². The van der Waals surface area contributed by atoms with E-state index in [0.29, 0.717) is 23.4 Å². The molecule has 0 aliphatic heterocycles. The summed E-state index contributed by atoms with van der Waals surface area (Å²) in [5.74, 6) is -0.196. The number of aliphatic carboxylic acids is 1. The van der Waals surface area contributed by atoms with Crippen LogP contribution in [0.25, 0.3) is 0 Å². The van der Waals surface area contributed by atoms with Crippen molar-refractivity contribution in [3.63, 3.8) is 0 Å². The minimum atomic E-state index is -0.866. The van der Waals surface area contributed by atoms with Gasteiger partial charge in [-0.15, -0.1) is 11.8 Å². The van der Waals surface area contributed by atoms with Gasteiger partial charge in [-0.1, -0.05) is 18.2 Å². The monoisotopic (exact) mass is 343 g/mol. The number of aryl methyl sites for hydroxylation is 2. The van der Waals surface area contributed by atoms with Crippen molar-refractivity contribution in [2.24, 2.45) is 0 Å². The Balaban J connectivity index is 1.78. The third-order valence-electron chi connectivity index (χ3n) is 3.67. The second-order valence-electron chi connectivity index (χ2n) is 5.66. The standard InChI is InChI=1S/C19H21NO3S/c1-13-3-8-17(11-14(13)2)24-10-9-18(21)20-16-6-4-15(5-7-16)12-19(22)23/h3-8,11H,9-10,12H2,1-2H3,(H,20,21)(H,22,23). The minimum absolute atomic E-state index is 0.0131. The molecule has 0 heterocycles. The normalized spacial score (nSPS) is 10.4. The average Bonchev–Trinajstić information content (AvgIpc) is 2.52. The first kappa shape index (κ1) is 18.1. The highest BCUT2D eigenvalue weighted by atomic mass is 32.2. The summed E-state index contributed by atoms with van der Waals surface area (Å²) in [7, 11) is 0. The lowest BCUT2D eigenvalue weighted by Crippen LogP contribution is -2.12. The van der Waals surface area contributed by atoms with Gasteiger partial charge in [-0.2, -0.15) is 0 Å². The number of thioether (sulfide) groups is 1. The number of hydrogen-bond acceptors (Lipinski definition) is 3. The molecule has 0 bridgehead atoms. The van der Waals surface area contributed by atoms with E-state index in [0.717, 1.165) is 0 Å². The number of carbonyl (C=O) groups excluding carboxylic acids is 1. The Labute approximate surface area is 146 Å². The van der Waals surface area contributed by atoms with Gasteiger partial charge in [0.05, 0.1) is 6.42 Å². The molecule has 2 aromatic carbocycles.